The van der Waals surface area contributed by atoms with Crippen LogP contribution in [0.25, 0.3) is 0 Å². The first-order valence-corrected chi connectivity index (χ1v) is 9.21. The lowest BCUT2D eigenvalue weighted by molar-refractivity contribution is 0.527. The number of hydrogen-bond acceptors (Lipinski definition) is 2. The van der Waals surface area contributed by atoms with Crippen molar-refractivity contribution in [2.45, 2.75) is 36.3 Å². The molecule has 0 unspecified atom stereocenters. The van der Waals surface area contributed by atoms with E-state index in [9.17, 15) is 8.42 Å². The minimum atomic E-state index is -3.67. The second kappa shape index (κ2) is 7.86. The second-order valence-electron chi connectivity index (χ2n) is 5.38. The van der Waals surface area contributed by atoms with Gasteiger partial charge in [0.1, 0.15) is 4.75 Å². The van der Waals surface area contributed by atoms with E-state index >= 15 is 0 Å². The van der Waals surface area contributed by atoms with Crippen LogP contribution in [0.5, 0.6) is 0 Å². The van der Waals surface area contributed by atoms with Crippen molar-refractivity contribution in [2.75, 3.05) is 0 Å². The Morgan fingerprint density at radius 3 is 1.71 bits per heavy atom. The lowest BCUT2D eigenvalue weighted by atomic mass is 9.91. The Balaban J connectivity index is 2.76. The van der Waals surface area contributed by atoms with E-state index in [0.717, 1.165) is 5.56 Å². The third-order valence-corrected chi connectivity index (χ3v) is 6.42. The molecule has 0 aliphatic carbocycles. The largest absolute Gasteiger partial charge is 0.223 e. The molecule has 2 rings (SSSR count). The van der Waals surface area contributed by atoms with Gasteiger partial charge in [0.25, 0.3) is 0 Å². The van der Waals surface area contributed by atoms with Crippen molar-refractivity contribution < 1.29 is 8.42 Å². The van der Waals surface area contributed by atoms with Crippen molar-refractivity contribution in [3.05, 3.63) is 66.2 Å². The SMILES string of the molecule is CC#CCC(CC#CC)(c1ccccc1)S(=O)(=O)c1ccccc1. The van der Waals surface area contributed by atoms with Crippen molar-refractivity contribution in [1.29, 1.82) is 0 Å². The Kier molecular flexibility index (Phi) is 5.85. The molecule has 0 N–H and O–H groups in total. The highest BCUT2D eigenvalue weighted by atomic mass is 32.2. The van der Waals surface area contributed by atoms with E-state index < -0.39 is 14.6 Å². The Morgan fingerprint density at radius 2 is 1.25 bits per heavy atom. The summed E-state index contributed by atoms with van der Waals surface area (Å²) in [5, 5.41) is 0. The lowest BCUT2D eigenvalue weighted by Gasteiger charge is -2.31. The van der Waals surface area contributed by atoms with Crippen molar-refractivity contribution in [3.8, 4) is 23.7 Å². The molecule has 3 heteroatoms. The second-order valence-corrected chi connectivity index (χ2v) is 7.64. The van der Waals surface area contributed by atoms with E-state index in [1.54, 1.807) is 44.2 Å². The molecule has 0 radical (unpaired) electrons. The van der Waals surface area contributed by atoms with Crippen LogP contribution in [0.4, 0.5) is 0 Å². The molecule has 24 heavy (non-hydrogen) atoms. The Morgan fingerprint density at radius 1 is 0.792 bits per heavy atom. The van der Waals surface area contributed by atoms with Gasteiger partial charge in [0.05, 0.1) is 4.90 Å². The van der Waals surface area contributed by atoms with E-state index in [0.29, 0.717) is 4.90 Å². The highest BCUT2D eigenvalue weighted by molar-refractivity contribution is 7.92. The molecule has 0 bridgehead atoms. The summed E-state index contributed by atoms with van der Waals surface area (Å²) < 4.78 is 25.9. The molecule has 0 heterocycles. The van der Waals surface area contributed by atoms with Gasteiger partial charge in [0, 0.05) is 12.8 Å². The molecule has 0 saturated heterocycles. The topological polar surface area (TPSA) is 34.1 Å². The first-order chi connectivity index (χ1) is 11.6. The molecular formula is C21H20O2S. The predicted molar refractivity (Wildman–Crippen MR) is 97.9 cm³/mol. The number of hydrogen-bond donors (Lipinski definition) is 0. The molecule has 0 atom stereocenters. The molecule has 0 aliphatic rings. The maximum absolute atomic E-state index is 13.5. The van der Waals surface area contributed by atoms with Crippen LogP contribution in [0.1, 0.15) is 32.3 Å². The highest BCUT2D eigenvalue weighted by Gasteiger charge is 2.45. The summed E-state index contributed by atoms with van der Waals surface area (Å²) in [6.45, 7) is 3.44. The number of benzene rings is 2. The van der Waals surface area contributed by atoms with E-state index in [4.69, 9.17) is 0 Å². The Hall–Kier alpha value is -2.49. The summed E-state index contributed by atoms with van der Waals surface area (Å²) in [6, 6.07) is 17.8. The molecule has 2 nitrogen and oxygen atoms in total. The zero-order valence-corrected chi connectivity index (χ0v) is 14.7. The Bertz CT molecular complexity index is 868. The van der Waals surface area contributed by atoms with Crippen LogP contribution in [0.15, 0.2) is 65.6 Å². The van der Waals surface area contributed by atoms with Gasteiger partial charge >= 0.3 is 0 Å². The average molecular weight is 336 g/mol. The van der Waals surface area contributed by atoms with E-state index in [1.807, 2.05) is 30.3 Å². The average Bonchev–Trinajstić information content (AvgIpc) is 2.63. The van der Waals surface area contributed by atoms with Crippen LogP contribution in [-0.4, -0.2) is 8.42 Å². The Labute approximate surface area is 144 Å². The monoisotopic (exact) mass is 336 g/mol. The molecule has 0 fully saturated rings. The number of rotatable bonds is 5. The predicted octanol–water partition coefficient (Wildman–Crippen LogP) is 4.18. The smallest absolute Gasteiger partial charge is 0.190 e. The van der Waals surface area contributed by atoms with Crippen molar-refractivity contribution in [3.63, 3.8) is 0 Å². The maximum atomic E-state index is 13.5. The summed E-state index contributed by atoms with van der Waals surface area (Å²) in [4.78, 5) is 0.296. The molecule has 0 saturated carbocycles. The van der Waals surface area contributed by atoms with Gasteiger partial charge in [-0.3, -0.25) is 0 Å². The van der Waals surface area contributed by atoms with Gasteiger partial charge < -0.3 is 0 Å². The summed E-state index contributed by atoms with van der Waals surface area (Å²) in [5.41, 5.74) is 0.722. The van der Waals surface area contributed by atoms with Crippen LogP contribution in [0, 0.1) is 23.7 Å². The molecule has 0 amide bonds. The van der Waals surface area contributed by atoms with Crippen LogP contribution in [0.3, 0.4) is 0 Å². The van der Waals surface area contributed by atoms with Crippen LogP contribution in [-0.2, 0) is 14.6 Å². The van der Waals surface area contributed by atoms with Gasteiger partial charge in [-0.05, 0) is 31.5 Å². The van der Waals surface area contributed by atoms with E-state index in [1.165, 1.54) is 0 Å². The maximum Gasteiger partial charge on any atom is 0.190 e. The van der Waals surface area contributed by atoms with Gasteiger partial charge in [-0.25, -0.2) is 8.42 Å². The standard InChI is InChI=1S/C21H20O2S/c1-3-5-17-21(18-6-4-2,19-13-9-7-10-14-19)24(22,23)20-15-11-8-12-16-20/h7-16H,17-18H2,1-2H3. The molecule has 122 valence electrons. The van der Waals surface area contributed by atoms with Gasteiger partial charge in [0.2, 0.25) is 0 Å². The fraction of sp³-hybridized carbons (Fsp3) is 0.238. The van der Waals surface area contributed by atoms with E-state index in [-0.39, 0.29) is 12.8 Å². The number of sulfone groups is 1. The van der Waals surface area contributed by atoms with E-state index in [2.05, 4.69) is 23.7 Å². The third-order valence-electron chi connectivity index (χ3n) is 3.97. The molecule has 0 spiro atoms. The minimum Gasteiger partial charge on any atom is -0.223 e. The molecule has 0 aliphatic heterocycles. The first-order valence-electron chi connectivity index (χ1n) is 7.73. The van der Waals surface area contributed by atoms with Crippen LogP contribution >= 0.6 is 0 Å². The summed E-state index contributed by atoms with van der Waals surface area (Å²) >= 11 is 0. The van der Waals surface area contributed by atoms with Crippen molar-refractivity contribution in [1.82, 2.24) is 0 Å². The zero-order valence-electron chi connectivity index (χ0n) is 13.9. The van der Waals surface area contributed by atoms with Crippen LogP contribution < -0.4 is 0 Å². The highest BCUT2D eigenvalue weighted by Crippen LogP contribution is 2.41. The fourth-order valence-electron chi connectivity index (χ4n) is 2.64. The lowest BCUT2D eigenvalue weighted by Crippen LogP contribution is -2.35. The van der Waals surface area contributed by atoms with Gasteiger partial charge in [-0.15, -0.1) is 23.7 Å². The first kappa shape index (κ1) is 17.9. The molecule has 2 aromatic rings. The summed E-state index contributed by atoms with van der Waals surface area (Å²) in [7, 11) is -3.67. The summed E-state index contributed by atoms with van der Waals surface area (Å²) in [5.74, 6) is 11.6. The zero-order chi connectivity index (χ0) is 17.5. The van der Waals surface area contributed by atoms with Crippen molar-refractivity contribution in [2.24, 2.45) is 0 Å². The molecular weight excluding hydrogens is 316 g/mol. The van der Waals surface area contributed by atoms with Gasteiger partial charge in [-0.2, -0.15) is 0 Å². The molecule has 0 aromatic heterocycles. The minimum absolute atomic E-state index is 0.208. The van der Waals surface area contributed by atoms with Gasteiger partial charge in [-0.1, -0.05) is 48.5 Å². The summed E-state index contributed by atoms with van der Waals surface area (Å²) in [6.07, 6.45) is 0.416. The van der Waals surface area contributed by atoms with Crippen molar-refractivity contribution >= 4 is 9.84 Å². The van der Waals surface area contributed by atoms with Crippen LogP contribution in [0.2, 0.25) is 0 Å². The fourth-order valence-corrected chi connectivity index (χ4v) is 4.58. The van der Waals surface area contributed by atoms with Gasteiger partial charge in [0.15, 0.2) is 9.84 Å². The normalized spacial score (nSPS) is 10.9. The quantitative estimate of drug-likeness (QED) is 0.768. The molecule has 2 aromatic carbocycles. The third kappa shape index (κ3) is 3.37.